The highest BCUT2D eigenvalue weighted by Crippen LogP contribution is 2.29. The van der Waals surface area contributed by atoms with Crippen LogP contribution in [0.25, 0.3) is 0 Å². The molecular weight excluding hydrogens is 337 g/mol. The molecule has 1 heterocycles. The molecule has 0 aliphatic heterocycles. The first-order valence-corrected chi connectivity index (χ1v) is 7.50. The first kappa shape index (κ1) is 18.6. The van der Waals surface area contributed by atoms with Crippen LogP contribution in [0.15, 0.2) is 47.1 Å². The number of nitrogens with zero attached hydrogens (tertiary/aromatic N) is 1. The Bertz CT molecular complexity index is 710. The van der Waals surface area contributed by atoms with Gasteiger partial charge in [0.15, 0.2) is 0 Å². The van der Waals surface area contributed by atoms with E-state index in [1.54, 1.807) is 12.1 Å². The fraction of sp³-hybridized carbons (Fsp3) is 0.294. The first-order chi connectivity index (χ1) is 11.8. The SMILES string of the molecule is CC(=O)N(CCNC(=O)c1ccc(C(F)(F)F)cc1)Cc1ccco1. The van der Waals surface area contributed by atoms with Crippen molar-refractivity contribution in [3.8, 4) is 0 Å². The van der Waals surface area contributed by atoms with Crippen LogP contribution in [-0.4, -0.2) is 29.8 Å². The van der Waals surface area contributed by atoms with Gasteiger partial charge in [0.05, 0.1) is 18.4 Å². The lowest BCUT2D eigenvalue weighted by Gasteiger charge is -2.20. The zero-order valence-electron chi connectivity index (χ0n) is 13.5. The highest BCUT2D eigenvalue weighted by Gasteiger charge is 2.30. The van der Waals surface area contributed by atoms with Gasteiger partial charge in [-0.2, -0.15) is 13.2 Å². The zero-order valence-corrected chi connectivity index (χ0v) is 13.5. The van der Waals surface area contributed by atoms with E-state index in [4.69, 9.17) is 4.42 Å². The summed E-state index contributed by atoms with van der Waals surface area (Å²) >= 11 is 0. The van der Waals surface area contributed by atoms with E-state index in [1.807, 2.05) is 0 Å². The number of halogens is 3. The molecule has 2 aromatic rings. The molecule has 0 unspecified atom stereocenters. The summed E-state index contributed by atoms with van der Waals surface area (Å²) in [5.74, 6) is -0.0697. The molecule has 0 bridgehead atoms. The van der Waals surface area contributed by atoms with Gasteiger partial charge in [0.2, 0.25) is 5.91 Å². The topological polar surface area (TPSA) is 62.6 Å². The molecule has 134 valence electrons. The number of hydrogen-bond donors (Lipinski definition) is 1. The Balaban J connectivity index is 1.87. The maximum Gasteiger partial charge on any atom is 0.416 e. The van der Waals surface area contributed by atoms with Gasteiger partial charge in [-0.1, -0.05) is 0 Å². The van der Waals surface area contributed by atoms with Crippen LogP contribution >= 0.6 is 0 Å². The van der Waals surface area contributed by atoms with Gasteiger partial charge in [0, 0.05) is 25.6 Å². The third-order valence-corrected chi connectivity index (χ3v) is 3.51. The Morgan fingerprint density at radius 3 is 2.36 bits per heavy atom. The molecule has 0 spiro atoms. The molecule has 0 aliphatic carbocycles. The molecule has 1 aromatic heterocycles. The van der Waals surface area contributed by atoms with E-state index in [9.17, 15) is 22.8 Å². The average molecular weight is 354 g/mol. The van der Waals surface area contributed by atoms with Crippen LogP contribution in [-0.2, 0) is 17.5 Å². The van der Waals surface area contributed by atoms with Gasteiger partial charge in [0.25, 0.3) is 5.91 Å². The summed E-state index contributed by atoms with van der Waals surface area (Å²) in [6.45, 7) is 2.10. The van der Waals surface area contributed by atoms with Gasteiger partial charge in [-0.15, -0.1) is 0 Å². The molecule has 0 saturated heterocycles. The minimum absolute atomic E-state index is 0.119. The maximum atomic E-state index is 12.5. The van der Waals surface area contributed by atoms with Gasteiger partial charge < -0.3 is 14.6 Å². The summed E-state index contributed by atoms with van der Waals surface area (Å²) in [4.78, 5) is 25.1. The van der Waals surface area contributed by atoms with E-state index in [0.29, 0.717) is 5.76 Å². The van der Waals surface area contributed by atoms with Crippen molar-refractivity contribution in [3.05, 3.63) is 59.5 Å². The highest BCUT2D eigenvalue weighted by atomic mass is 19.4. The molecule has 0 aliphatic rings. The summed E-state index contributed by atoms with van der Waals surface area (Å²) in [5.41, 5.74) is -0.696. The quantitative estimate of drug-likeness (QED) is 0.867. The number of alkyl halides is 3. The Kier molecular flexibility index (Phi) is 5.84. The lowest BCUT2D eigenvalue weighted by molar-refractivity contribution is -0.137. The van der Waals surface area contributed by atoms with E-state index in [1.165, 1.54) is 18.1 Å². The smallest absolute Gasteiger partial charge is 0.416 e. The van der Waals surface area contributed by atoms with Crippen LogP contribution in [0.3, 0.4) is 0 Å². The predicted octanol–water partition coefficient (Wildman–Crippen LogP) is 3.08. The van der Waals surface area contributed by atoms with E-state index in [-0.39, 0.29) is 31.1 Å². The van der Waals surface area contributed by atoms with E-state index in [0.717, 1.165) is 24.3 Å². The standard InChI is InChI=1S/C17H17F3N2O3/c1-12(23)22(11-15-3-2-10-25-15)9-8-21-16(24)13-4-6-14(7-5-13)17(18,19)20/h2-7,10H,8-9,11H2,1H3,(H,21,24). The largest absolute Gasteiger partial charge is 0.467 e. The molecule has 2 amide bonds. The third kappa shape index (κ3) is 5.37. The summed E-state index contributed by atoms with van der Waals surface area (Å²) in [7, 11) is 0. The normalized spacial score (nSPS) is 11.2. The zero-order chi connectivity index (χ0) is 18.4. The van der Waals surface area contributed by atoms with Crippen LogP contribution in [0, 0.1) is 0 Å². The van der Waals surface area contributed by atoms with Crippen LogP contribution < -0.4 is 5.32 Å². The minimum atomic E-state index is -4.44. The first-order valence-electron chi connectivity index (χ1n) is 7.50. The van der Waals surface area contributed by atoms with Crippen molar-refractivity contribution < 1.29 is 27.2 Å². The predicted molar refractivity (Wildman–Crippen MR) is 83.6 cm³/mol. The molecule has 5 nitrogen and oxygen atoms in total. The number of nitrogens with one attached hydrogen (secondary N) is 1. The van der Waals surface area contributed by atoms with Gasteiger partial charge in [-0.25, -0.2) is 0 Å². The van der Waals surface area contributed by atoms with Crippen molar-refractivity contribution in [2.75, 3.05) is 13.1 Å². The Morgan fingerprint density at radius 2 is 1.84 bits per heavy atom. The number of amides is 2. The van der Waals surface area contributed by atoms with Crippen molar-refractivity contribution in [1.82, 2.24) is 10.2 Å². The number of benzene rings is 1. The number of carbonyl (C=O) groups is 2. The lowest BCUT2D eigenvalue weighted by atomic mass is 10.1. The van der Waals surface area contributed by atoms with Crippen LogP contribution in [0.2, 0.25) is 0 Å². The minimum Gasteiger partial charge on any atom is -0.467 e. The molecule has 0 radical (unpaired) electrons. The monoisotopic (exact) mass is 354 g/mol. The maximum absolute atomic E-state index is 12.5. The molecule has 1 aromatic carbocycles. The Morgan fingerprint density at radius 1 is 1.16 bits per heavy atom. The van der Waals surface area contributed by atoms with Gasteiger partial charge in [-0.05, 0) is 36.4 Å². The third-order valence-electron chi connectivity index (χ3n) is 3.51. The summed E-state index contributed by atoms with van der Waals surface area (Å²) in [5, 5.41) is 2.58. The number of rotatable bonds is 6. The summed E-state index contributed by atoms with van der Waals surface area (Å²) in [6, 6.07) is 7.38. The van der Waals surface area contributed by atoms with Crippen LogP contribution in [0.1, 0.15) is 28.6 Å². The Labute approximate surface area is 142 Å². The molecule has 8 heteroatoms. The molecule has 0 fully saturated rings. The van der Waals surface area contributed by atoms with Crippen LogP contribution in [0.5, 0.6) is 0 Å². The van der Waals surface area contributed by atoms with Crippen molar-refractivity contribution in [2.24, 2.45) is 0 Å². The van der Waals surface area contributed by atoms with Crippen LogP contribution in [0.4, 0.5) is 13.2 Å². The molecule has 0 saturated carbocycles. The highest BCUT2D eigenvalue weighted by molar-refractivity contribution is 5.94. The second kappa shape index (κ2) is 7.87. The molecule has 2 rings (SSSR count). The van der Waals surface area contributed by atoms with E-state index >= 15 is 0 Å². The van der Waals surface area contributed by atoms with Crippen molar-refractivity contribution >= 4 is 11.8 Å². The van der Waals surface area contributed by atoms with Gasteiger partial charge >= 0.3 is 6.18 Å². The van der Waals surface area contributed by atoms with Crippen molar-refractivity contribution in [3.63, 3.8) is 0 Å². The summed E-state index contributed by atoms with van der Waals surface area (Å²) < 4.78 is 42.7. The average Bonchev–Trinajstić information content (AvgIpc) is 3.06. The van der Waals surface area contributed by atoms with E-state index in [2.05, 4.69) is 5.32 Å². The fourth-order valence-corrected chi connectivity index (χ4v) is 2.16. The van der Waals surface area contributed by atoms with Crippen molar-refractivity contribution in [2.45, 2.75) is 19.6 Å². The van der Waals surface area contributed by atoms with Gasteiger partial charge in [-0.3, -0.25) is 9.59 Å². The second-order valence-corrected chi connectivity index (χ2v) is 5.35. The Hall–Kier alpha value is -2.77. The number of furan rings is 1. The number of carbonyl (C=O) groups excluding carboxylic acids is 2. The molecular formula is C17H17F3N2O3. The van der Waals surface area contributed by atoms with Crippen molar-refractivity contribution in [1.29, 1.82) is 0 Å². The molecule has 0 atom stereocenters. The van der Waals surface area contributed by atoms with Gasteiger partial charge in [0.1, 0.15) is 5.76 Å². The summed E-state index contributed by atoms with van der Waals surface area (Å²) in [6.07, 6.45) is -2.94. The lowest BCUT2D eigenvalue weighted by Crippen LogP contribution is -2.37. The molecule has 25 heavy (non-hydrogen) atoms. The fourth-order valence-electron chi connectivity index (χ4n) is 2.16. The number of hydrogen-bond acceptors (Lipinski definition) is 3. The molecule has 1 N–H and O–H groups in total. The second-order valence-electron chi connectivity index (χ2n) is 5.35. The van der Waals surface area contributed by atoms with E-state index < -0.39 is 17.6 Å².